The highest BCUT2D eigenvalue weighted by molar-refractivity contribution is 6.30. The summed E-state index contributed by atoms with van der Waals surface area (Å²) in [5.41, 5.74) is 4.01. The van der Waals surface area contributed by atoms with E-state index in [9.17, 15) is 4.79 Å². The number of halogens is 1. The first-order chi connectivity index (χ1) is 10.7. The van der Waals surface area contributed by atoms with Crippen LogP contribution in [0.2, 0.25) is 5.02 Å². The highest BCUT2D eigenvalue weighted by atomic mass is 35.5. The first-order valence-corrected chi connectivity index (χ1v) is 7.30. The average molecular weight is 310 g/mol. The molecule has 4 nitrogen and oxygen atoms in total. The molecule has 2 aromatic carbocycles. The third-order valence-electron chi connectivity index (χ3n) is 3.79. The zero-order valence-electron chi connectivity index (χ0n) is 11.6. The third-order valence-corrected chi connectivity index (χ3v) is 4.03. The van der Waals surface area contributed by atoms with Crippen LogP contribution < -0.4 is 4.90 Å². The van der Waals surface area contributed by atoms with Gasteiger partial charge >= 0.3 is 0 Å². The molecule has 1 aliphatic rings. The Balaban J connectivity index is 1.78. The SMILES string of the molecule is O=C1Cc2cc(-c3cccc(Cl)c3)ccc2N1c1cnc[nH]1. The van der Waals surface area contributed by atoms with Gasteiger partial charge < -0.3 is 4.98 Å². The zero-order chi connectivity index (χ0) is 15.1. The van der Waals surface area contributed by atoms with Crippen molar-refractivity contribution in [3.8, 4) is 11.1 Å². The predicted molar refractivity (Wildman–Crippen MR) is 86.3 cm³/mol. The molecule has 3 aromatic rings. The maximum atomic E-state index is 12.3. The standard InChI is InChI=1S/C17H12ClN3O/c18-14-3-1-2-11(7-14)12-4-5-15-13(6-12)8-17(22)21(15)16-9-19-10-20-16/h1-7,9-10H,8H2,(H,19,20). The summed E-state index contributed by atoms with van der Waals surface area (Å²) in [7, 11) is 0. The van der Waals surface area contributed by atoms with Crippen molar-refractivity contribution in [3.63, 3.8) is 0 Å². The molecule has 22 heavy (non-hydrogen) atoms. The van der Waals surface area contributed by atoms with Gasteiger partial charge in [-0.25, -0.2) is 4.98 Å². The van der Waals surface area contributed by atoms with Gasteiger partial charge in [0.25, 0.3) is 0 Å². The highest BCUT2D eigenvalue weighted by Gasteiger charge is 2.29. The van der Waals surface area contributed by atoms with Crippen molar-refractivity contribution in [1.82, 2.24) is 9.97 Å². The number of amides is 1. The van der Waals surface area contributed by atoms with Crippen LogP contribution in [-0.2, 0) is 11.2 Å². The van der Waals surface area contributed by atoms with Gasteiger partial charge in [-0.3, -0.25) is 9.69 Å². The second-order valence-electron chi connectivity index (χ2n) is 5.20. The molecule has 5 heteroatoms. The molecule has 0 saturated carbocycles. The fourth-order valence-corrected chi connectivity index (χ4v) is 2.99. The predicted octanol–water partition coefficient (Wildman–Crippen LogP) is 3.95. The number of rotatable bonds is 2. The summed E-state index contributed by atoms with van der Waals surface area (Å²) in [6, 6.07) is 13.7. The minimum absolute atomic E-state index is 0.0440. The Morgan fingerprint density at radius 1 is 1.14 bits per heavy atom. The van der Waals surface area contributed by atoms with Crippen LogP contribution in [0.5, 0.6) is 0 Å². The third kappa shape index (κ3) is 2.09. The number of carbonyl (C=O) groups is 1. The van der Waals surface area contributed by atoms with Crippen molar-refractivity contribution in [3.05, 3.63) is 65.6 Å². The molecule has 0 spiro atoms. The molecule has 0 radical (unpaired) electrons. The molecule has 0 unspecified atom stereocenters. The van der Waals surface area contributed by atoms with E-state index >= 15 is 0 Å². The van der Waals surface area contributed by atoms with Crippen molar-refractivity contribution in [2.75, 3.05) is 4.90 Å². The van der Waals surface area contributed by atoms with Crippen LogP contribution >= 0.6 is 11.6 Å². The summed E-state index contributed by atoms with van der Waals surface area (Å²) in [6.07, 6.45) is 3.61. The Morgan fingerprint density at radius 2 is 2.00 bits per heavy atom. The fraction of sp³-hybridized carbons (Fsp3) is 0.0588. The van der Waals surface area contributed by atoms with Crippen LogP contribution in [0, 0.1) is 0 Å². The summed E-state index contributed by atoms with van der Waals surface area (Å²) < 4.78 is 0. The first kappa shape index (κ1) is 13.1. The Kier molecular flexibility index (Phi) is 2.98. The highest BCUT2D eigenvalue weighted by Crippen LogP contribution is 2.37. The summed E-state index contributed by atoms with van der Waals surface area (Å²) in [6.45, 7) is 0. The van der Waals surface area contributed by atoms with Crippen LogP contribution in [0.25, 0.3) is 11.1 Å². The van der Waals surface area contributed by atoms with Crippen LogP contribution in [0.3, 0.4) is 0 Å². The number of aromatic nitrogens is 2. The Morgan fingerprint density at radius 3 is 2.77 bits per heavy atom. The minimum atomic E-state index is 0.0440. The summed E-state index contributed by atoms with van der Waals surface area (Å²) in [5.74, 6) is 0.738. The van der Waals surface area contributed by atoms with Crippen LogP contribution in [0.1, 0.15) is 5.56 Å². The molecule has 0 fully saturated rings. The first-order valence-electron chi connectivity index (χ1n) is 6.92. The van der Waals surface area contributed by atoms with E-state index in [1.807, 2.05) is 36.4 Å². The van der Waals surface area contributed by atoms with Crippen LogP contribution in [0.4, 0.5) is 11.5 Å². The lowest BCUT2D eigenvalue weighted by atomic mass is 10.0. The fourth-order valence-electron chi connectivity index (χ4n) is 2.80. The quantitative estimate of drug-likeness (QED) is 0.779. The Labute approximate surface area is 132 Å². The molecular formula is C17H12ClN3O. The lowest BCUT2D eigenvalue weighted by molar-refractivity contribution is -0.116. The van der Waals surface area contributed by atoms with Gasteiger partial charge in [0.05, 0.1) is 24.6 Å². The van der Waals surface area contributed by atoms with E-state index in [1.54, 1.807) is 17.4 Å². The van der Waals surface area contributed by atoms with Gasteiger partial charge in [-0.2, -0.15) is 0 Å². The van der Waals surface area contributed by atoms with Gasteiger partial charge in [0.2, 0.25) is 5.91 Å². The molecular weight excluding hydrogens is 298 g/mol. The second-order valence-corrected chi connectivity index (χ2v) is 5.63. The molecule has 1 N–H and O–H groups in total. The molecule has 1 aliphatic heterocycles. The van der Waals surface area contributed by atoms with Gasteiger partial charge in [0, 0.05) is 5.02 Å². The van der Waals surface area contributed by atoms with Crippen LogP contribution in [0.15, 0.2) is 55.0 Å². The number of hydrogen-bond acceptors (Lipinski definition) is 2. The number of fused-ring (bicyclic) bond motifs is 1. The van der Waals surface area contributed by atoms with Crippen molar-refractivity contribution >= 4 is 29.0 Å². The monoisotopic (exact) mass is 309 g/mol. The molecule has 4 rings (SSSR count). The molecule has 0 atom stereocenters. The smallest absolute Gasteiger partial charge is 0.237 e. The number of carbonyl (C=O) groups excluding carboxylic acids is 1. The number of nitrogens with zero attached hydrogens (tertiary/aromatic N) is 2. The van der Waals surface area contributed by atoms with E-state index in [0.717, 1.165) is 22.4 Å². The van der Waals surface area contributed by atoms with E-state index in [-0.39, 0.29) is 5.91 Å². The minimum Gasteiger partial charge on any atom is -0.331 e. The molecule has 108 valence electrons. The van der Waals surface area contributed by atoms with Gasteiger partial charge in [0.15, 0.2) is 0 Å². The Bertz CT molecular complexity index is 858. The molecule has 1 aromatic heterocycles. The number of aromatic amines is 1. The number of nitrogens with one attached hydrogen (secondary N) is 1. The van der Waals surface area contributed by atoms with E-state index < -0.39 is 0 Å². The lowest BCUT2D eigenvalue weighted by Crippen LogP contribution is -2.20. The molecule has 0 aliphatic carbocycles. The number of benzene rings is 2. The topological polar surface area (TPSA) is 49.0 Å². The van der Waals surface area contributed by atoms with Crippen molar-refractivity contribution in [1.29, 1.82) is 0 Å². The summed E-state index contributed by atoms with van der Waals surface area (Å²) in [4.78, 5) is 20.9. The average Bonchev–Trinajstić information content (AvgIpc) is 3.12. The van der Waals surface area contributed by atoms with E-state index in [1.165, 1.54) is 0 Å². The summed E-state index contributed by atoms with van der Waals surface area (Å²) in [5, 5.41) is 0.702. The van der Waals surface area contributed by atoms with Crippen LogP contribution in [-0.4, -0.2) is 15.9 Å². The number of H-pyrrole nitrogens is 1. The van der Waals surface area contributed by atoms with Gasteiger partial charge in [-0.05, 0) is 41.0 Å². The van der Waals surface area contributed by atoms with E-state index in [0.29, 0.717) is 17.3 Å². The number of anilines is 2. The molecule has 1 amide bonds. The lowest BCUT2D eigenvalue weighted by Gasteiger charge is -2.15. The van der Waals surface area contributed by atoms with Crippen molar-refractivity contribution in [2.45, 2.75) is 6.42 Å². The largest absolute Gasteiger partial charge is 0.331 e. The second kappa shape index (κ2) is 5.00. The van der Waals surface area contributed by atoms with Gasteiger partial charge in [0.1, 0.15) is 5.82 Å². The maximum absolute atomic E-state index is 12.3. The molecule has 0 saturated heterocycles. The maximum Gasteiger partial charge on any atom is 0.237 e. The van der Waals surface area contributed by atoms with Crippen molar-refractivity contribution < 1.29 is 4.79 Å². The molecule has 2 heterocycles. The number of hydrogen-bond donors (Lipinski definition) is 1. The molecule has 0 bridgehead atoms. The zero-order valence-corrected chi connectivity index (χ0v) is 12.3. The van der Waals surface area contributed by atoms with Gasteiger partial charge in [-0.15, -0.1) is 0 Å². The Hall–Kier alpha value is -2.59. The van der Waals surface area contributed by atoms with E-state index in [4.69, 9.17) is 11.6 Å². The number of imidazole rings is 1. The summed E-state index contributed by atoms with van der Waals surface area (Å²) >= 11 is 6.05. The normalized spacial score (nSPS) is 13.5. The van der Waals surface area contributed by atoms with Crippen molar-refractivity contribution in [2.24, 2.45) is 0 Å². The van der Waals surface area contributed by atoms with E-state index in [2.05, 4.69) is 16.0 Å². The van der Waals surface area contributed by atoms with Gasteiger partial charge in [-0.1, -0.05) is 29.8 Å².